The molecule has 0 atom stereocenters. The second-order valence-electron chi connectivity index (χ2n) is 3.21. The number of hydrogen-bond acceptors (Lipinski definition) is 3. The number of alkyl halides is 3. The van der Waals surface area contributed by atoms with E-state index in [1.54, 1.807) is 0 Å². The quantitative estimate of drug-likeness (QED) is 0.603. The molecule has 0 bridgehead atoms. The first-order valence-corrected chi connectivity index (χ1v) is 6.16. The molecule has 0 saturated heterocycles. The van der Waals surface area contributed by atoms with E-state index in [2.05, 4.69) is 0 Å². The molecule has 0 aliphatic heterocycles. The molecule has 1 aromatic rings. The van der Waals surface area contributed by atoms with E-state index in [1.807, 2.05) is 6.26 Å². The van der Waals surface area contributed by atoms with Crippen LogP contribution in [0.1, 0.15) is 15.9 Å². The average Bonchev–Trinajstić information content (AvgIpc) is 2.28. The van der Waals surface area contributed by atoms with Gasteiger partial charge in [-0.3, -0.25) is 4.79 Å². The topological polar surface area (TPSA) is 26.3 Å². The van der Waals surface area contributed by atoms with Crippen LogP contribution in [-0.4, -0.2) is 24.9 Å². The highest BCUT2D eigenvalue weighted by molar-refractivity contribution is 7.98. The Kier molecular flexibility index (Phi) is 4.86. The van der Waals surface area contributed by atoms with Crippen molar-refractivity contribution in [1.29, 1.82) is 0 Å². The van der Waals surface area contributed by atoms with Crippen LogP contribution in [-0.2, 0) is 6.18 Å². The Hall–Kier alpha value is -1.17. The van der Waals surface area contributed by atoms with Gasteiger partial charge in [-0.1, -0.05) is 0 Å². The van der Waals surface area contributed by atoms with Crippen molar-refractivity contribution >= 4 is 18.0 Å². The van der Waals surface area contributed by atoms with Gasteiger partial charge in [0.2, 0.25) is 0 Å². The van der Waals surface area contributed by atoms with Crippen molar-refractivity contribution in [3.05, 3.63) is 29.3 Å². The van der Waals surface area contributed by atoms with Crippen molar-refractivity contribution in [3.63, 3.8) is 0 Å². The molecule has 6 heteroatoms. The minimum Gasteiger partial charge on any atom is -0.492 e. The average molecular weight is 264 g/mol. The molecule has 0 aromatic heterocycles. The predicted molar refractivity (Wildman–Crippen MR) is 60.7 cm³/mol. The van der Waals surface area contributed by atoms with Crippen molar-refractivity contribution < 1.29 is 22.7 Å². The molecule has 0 unspecified atom stereocenters. The number of thioether (sulfide) groups is 1. The van der Waals surface area contributed by atoms with E-state index in [-0.39, 0.29) is 17.9 Å². The molecular formula is C11H11F3O2S. The minimum absolute atomic E-state index is 0.0189. The van der Waals surface area contributed by atoms with Gasteiger partial charge in [0.05, 0.1) is 12.2 Å². The summed E-state index contributed by atoms with van der Waals surface area (Å²) in [4.78, 5) is 10.4. The van der Waals surface area contributed by atoms with Crippen molar-refractivity contribution in [2.75, 3.05) is 18.6 Å². The molecule has 1 rings (SSSR count). The van der Waals surface area contributed by atoms with Gasteiger partial charge in [0.1, 0.15) is 12.0 Å². The molecule has 1 aromatic carbocycles. The van der Waals surface area contributed by atoms with E-state index < -0.39 is 11.7 Å². The summed E-state index contributed by atoms with van der Waals surface area (Å²) < 4.78 is 43.1. The third-order valence-electron chi connectivity index (χ3n) is 1.99. The van der Waals surface area contributed by atoms with Crippen LogP contribution in [0.15, 0.2) is 18.2 Å². The van der Waals surface area contributed by atoms with Gasteiger partial charge in [0.15, 0.2) is 0 Å². The van der Waals surface area contributed by atoms with Crippen LogP contribution in [0, 0.1) is 0 Å². The van der Waals surface area contributed by atoms with Crippen molar-refractivity contribution in [2.24, 2.45) is 0 Å². The molecule has 0 spiro atoms. The number of carbonyl (C=O) groups excluding carboxylic acids is 1. The van der Waals surface area contributed by atoms with E-state index in [4.69, 9.17) is 4.74 Å². The number of ether oxygens (including phenoxy) is 1. The summed E-state index contributed by atoms with van der Waals surface area (Å²) in [6, 6.07) is 3.27. The third-order valence-corrected chi connectivity index (χ3v) is 2.57. The smallest absolute Gasteiger partial charge is 0.419 e. The molecular weight excluding hydrogens is 253 g/mol. The highest BCUT2D eigenvalue weighted by Gasteiger charge is 2.34. The summed E-state index contributed by atoms with van der Waals surface area (Å²) in [5, 5.41) is 0. The summed E-state index contributed by atoms with van der Waals surface area (Å²) in [6.07, 6.45) is -2.31. The van der Waals surface area contributed by atoms with Crippen LogP contribution >= 0.6 is 11.8 Å². The molecule has 0 aliphatic carbocycles. The maximum absolute atomic E-state index is 12.7. The number of halogens is 3. The van der Waals surface area contributed by atoms with E-state index in [9.17, 15) is 18.0 Å². The molecule has 0 amide bonds. The highest BCUT2D eigenvalue weighted by Crippen LogP contribution is 2.36. The normalized spacial score (nSPS) is 11.3. The molecule has 0 radical (unpaired) electrons. The first-order chi connectivity index (χ1) is 7.99. The number of hydrogen-bond donors (Lipinski definition) is 0. The Balaban J connectivity index is 2.98. The van der Waals surface area contributed by atoms with Gasteiger partial charge in [0, 0.05) is 11.3 Å². The number of aldehydes is 1. The van der Waals surface area contributed by atoms with Crippen molar-refractivity contribution in [1.82, 2.24) is 0 Å². The molecule has 0 N–H and O–H groups in total. The zero-order valence-corrected chi connectivity index (χ0v) is 9.90. The molecule has 17 heavy (non-hydrogen) atoms. The van der Waals surface area contributed by atoms with Crippen molar-refractivity contribution in [2.45, 2.75) is 6.18 Å². The van der Waals surface area contributed by atoms with Crippen LogP contribution in [0.2, 0.25) is 0 Å². The lowest BCUT2D eigenvalue weighted by atomic mass is 10.1. The van der Waals surface area contributed by atoms with Gasteiger partial charge in [-0.05, 0) is 24.5 Å². The molecule has 0 saturated carbocycles. The summed E-state index contributed by atoms with van der Waals surface area (Å²) in [6.45, 7) is 0.199. The molecule has 0 fully saturated rings. The predicted octanol–water partition coefficient (Wildman–Crippen LogP) is 3.26. The maximum atomic E-state index is 12.7. The second-order valence-corrected chi connectivity index (χ2v) is 4.20. The van der Waals surface area contributed by atoms with Gasteiger partial charge in [0.25, 0.3) is 0 Å². The van der Waals surface area contributed by atoms with Gasteiger partial charge in [-0.25, -0.2) is 0 Å². The third kappa shape index (κ3) is 3.96. The molecule has 0 aliphatic rings. The number of rotatable bonds is 5. The van der Waals surface area contributed by atoms with Gasteiger partial charge >= 0.3 is 6.18 Å². The Morgan fingerprint density at radius 1 is 1.41 bits per heavy atom. The Morgan fingerprint density at radius 3 is 2.65 bits per heavy atom. The zero-order chi connectivity index (χ0) is 12.9. The lowest BCUT2D eigenvalue weighted by Crippen LogP contribution is -2.10. The van der Waals surface area contributed by atoms with Crippen LogP contribution in [0.4, 0.5) is 13.2 Å². The SMILES string of the molecule is CSCCOc1ccc(C=O)cc1C(F)(F)F. The first kappa shape index (κ1) is 13.9. The number of carbonyl (C=O) groups is 1. The Labute approximate surface area is 101 Å². The zero-order valence-electron chi connectivity index (χ0n) is 9.08. The Morgan fingerprint density at radius 2 is 2.12 bits per heavy atom. The fraction of sp³-hybridized carbons (Fsp3) is 0.364. The van der Waals surface area contributed by atoms with Crippen molar-refractivity contribution in [3.8, 4) is 5.75 Å². The van der Waals surface area contributed by atoms with Crippen LogP contribution < -0.4 is 4.74 Å². The standard InChI is InChI=1S/C11H11F3O2S/c1-17-5-4-16-10-3-2-8(7-15)6-9(10)11(12,13)14/h2-3,6-7H,4-5H2,1H3. The summed E-state index contributed by atoms with van der Waals surface area (Å²) in [5.41, 5.74) is -0.933. The Bertz CT molecular complexity index is 391. The van der Waals surface area contributed by atoms with Gasteiger partial charge in [-0.15, -0.1) is 0 Å². The molecule has 2 nitrogen and oxygen atoms in total. The summed E-state index contributed by atoms with van der Waals surface area (Å²) >= 11 is 1.48. The number of benzene rings is 1. The summed E-state index contributed by atoms with van der Waals surface area (Å²) in [7, 11) is 0. The molecule has 94 valence electrons. The van der Waals surface area contributed by atoms with Crippen LogP contribution in [0.25, 0.3) is 0 Å². The fourth-order valence-electron chi connectivity index (χ4n) is 1.20. The first-order valence-electron chi connectivity index (χ1n) is 4.77. The van der Waals surface area contributed by atoms with Gasteiger partial charge < -0.3 is 4.74 Å². The van der Waals surface area contributed by atoms with E-state index >= 15 is 0 Å². The lowest BCUT2D eigenvalue weighted by molar-refractivity contribution is -0.138. The minimum atomic E-state index is -4.52. The second kappa shape index (κ2) is 5.95. The maximum Gasteiger partial charge on any atom is 0.419 e. The summed E-state index contributed by atoms with van der Waals surface area (Å²) in [5.74, 6) is 0.365. The van der Waals surface area contributed by atoms with E-state index in [0.717, 1.165) is 6.07 Å². The van der Waals surface area contributed by atoms with E-state index in [1.165, 1.54) is 23.9 Å². The van der Waals surface area contributed by atoms with Crippen LogP contribution in [0.5, 0.6) is 5.75 Å². The fourth-order valence-corrected chi connectivity index (χ4v) is 1.45. The lowest BCUT2D eigenvalue weighted by Gasteiger charge is -2.14. The highest BCUT2D eigenvalue weighted by atomic mass is 32.2. The van der Waals surface area contributed by atoms with Gasteiger partial charge in [-0.2, -0.15) is 24.9 Å². The van der Waals surface area contributed by atoms with E-state index in [0.29, 0.717) is 12.0 Å². The monoisotopic (exact) mass is 264 g/mol. The molecule has 0 heterocycles. The largest absolute Gasteiger partial charge is 0.492 e. The van der Waals surface area contributed by atoms with Crippen LogP contribution in [0.3, 0.4) is 0 Å².